The van der Waals surface area contributed by atoms with Crippen molar-refractivity contribution in [2.75, 3.05) is 16.2 Å². The summed E-state index contributed by atoms with van der Waals surface area (Å²) in [7, 11) is -3.92. The van der Waals surface area contributed by atoms with Crippen molar-refractivity contribution in [3.63, 3.8) is 0 Å². The first-order valence-corrected chi connectivity index (χ1v) is 14.7. The van der Waals surface area contributed by atoms with E-state index in [9.17, 15) is 18.0 Å². The van der Waals surface area contributed by atoms with E-state index in [1.807, 2.05) is 48.7 Å². The fraction of sp³-hybridized carbons (Fsp3) is 0.148. The van der Waals surface area contributed by atoms with Gasteiger partial charge in [-0.15, -0.1) is 11.3 Å². The van der Waals surface area contributed by atoms with Gasteiger partial charge in [0.25, 0.3) is 15.9 Å². The average Bonchev–Trinajstić information content (AvgIpc) is 3.51. The number of para-hydroxylation sites is 1. The van der Waals surface area contributed by atoms with Crippen molar-refractivity contribution in [1.29, 1.82) is 0 Å². The van der Waals surface area contributed by atoms with Gasteiger partial charge in [0, 0.05) is 21.5 Å². The van der Waals surface area contributed by atoms with E-state index >= 15 is 0 Å². The summed E-state index contributed by atoms with van der Waals surface area (Å²) in [6.45, 7) is 1.30. The number of thiazole rings is 1. The number of nitrogens with zero attached hydrogens (tertiary/aromatic N) is 2. The summed E-state index contributed by atoms with van der Waals surface area (Å²) in [4.78, 5) is 29.4. The molecule has 1 N–H and O–H groups in total. The molecule has 1 amide bonds. The van der Waals surface area contributed by atoms with Gasteiger partial charge in [-0.2, -0.15) is 0 Å². The van der Waals surface area contributed by atoms with Crippen LogP contribution in [0.5, 0.6) is 0 Å². The Morgan fingerprint density at radius 2 is 1.89 bits per heavy atom. The Morgan fingerprint density at radius 1 is 1.11 bits per heavy atom. The number of aromatic nitrogens is 1. The molecule has 0 saturated heterocycles. The van der Waals surface area contributed by atoms with E-state index < -0.39 is 28.5 Å². The molecule has 11 heteroatoms. The molecule has 1 atom stereocenters. The molecule has 0 saturated carbocycles. The molecule has 1 aliphatic heterocycles. The minimum absolute atomic E-state index is 0.0252. The summed E-state index contributed by atoms with van der Waals surface area (Å²) in [6, 6.07) is 20.4. The summed E-state index contributed by atoms with van der Waals surface area (Å²) in [5.74, 6) is -1.36. The number of sulfonamides is 1. The Kier molecular flexibility index (Phi) is 7.33. The van der Waals surface area contributed by atoms with Crippen molar-refractivity contribution < 1.29 is 22.7 Å². The molecule has 4 aromatic rings. The van der Waals surface area contributed by atoms with Crippen LogP contribution in [0.15, 0.2) is 87.5 Å². The van der Waals surface area contributed by atoms with Gasteiger partial charge in [0.15, 0.2) is 11.7 Å². The Morgan fingerprint density at radius 3 is 2.71 bits per heavy atom. The highest BCUT2D eigenvalue weighted by atomic mass is 79.9. The summed E-state index contributed by atoms with van der Waals surface area (Å²) in [5, 5.41) is 4.80. The zero-order valence-corrected chi connectivity index (χ0v) is 23.3. The molecule has 0 spiro atoms. The fourth-order valence-corrected chi connectivity index (χ4v) is 7.16. The standard InChI is InChI=1S/C27H22BrN3O5S2/c1-17-12-19-6-2-3-11-24(19)31(17)38(34,35)22-10-5-8-20(14-22)26(33)36-15-25(32)30-27-29-23(16-37-27)18-7-4-9-21(28)13-18/h2-11,13-14,16-17H,12,15H2,1H3,(H,29,30,32). The lowest BCUT2D eigenvalue weighted by Gasteiger charge is -2.24. The van der Waals surface area contributed by atoms with Crippen LogP contribution < -0.4 is 9.62 Å². The monoisotopic (exact) mass is 611 g/mol. The third-order valence-electron chi connectivity index (χ3n) is 5.98. The molecule has 8 nitrogen and oxygen atoms in total. The molecule has 0 radical (unpaired) electrons. The lowest BCUT2D eigenvalue weighted by molar-refractivity contribution is -0.119. The van der Waals surface area contributed by atoms with E-state index in [4.69, 9.17) is 4.74 Å². The van der Waals surface area contributed by atoms with Crippen LogP contribution in [0.4, 0.5) is 10.8 Å². The molecule has 2 heterocycles. The molecule has 38 heavy (non-hydrogen) atoms. The molecule has 1 unspecified atom stereocenters. The maximum absolute atomic E-state index is 13.5. The van der Waals surface area contributed by atoms with Gasteiger partial charge in [-0.3, -0.25) is 14.4 Å². The molecule has 0 aliphatic carbocycles. The van der Waals surface area contributed by atoms with Gasteiger partial charge in [0.1, 0.15) is 0 Å². The quantitative estimate of drug-likeness (QED) is 0.276. The third kappa shape index (κ3) is 5.35. The largest absolute Gasteiger partial charge is 0.452 e. The van der Waals surface area contributed by atoms with E-state index in [1.165, 1.54) is 39.9 Å². The number of carbonyl (C=O) groups excluding carboxylic acids is 2. The van der Waals surface area contributed by atoms with Crippen LogP contribution in [0.3, 0.4) is 0 Å². The lowest BCUT2D eigenvalue weighted by Crippen LogP contribution is -2.35. The molecule has 1 aromatic heterocycles. The zero-order chi connectivity index (χ0) is 26.9. The minimum Gasteiger partial charge on any atom is -0.452 e. The van der Waals surface area contributed by atoms with Gasteiger partial charge in [0.05, 0.1) is 21.8 Å². The van der Waals surface area contributed by atoms with Gasteiger partial charge < -0.3 is 4.74 Å². The van der Waals surface area contributed by atoms with Gasteiger partial charge in [-0.25, -0.2) is 18.2 Å². The number of halogens is 1. The first-order valence-electron chi connectivity index (χ1n) is 11.6. The number of hydrogen-bond donors (Lipinski definition) is 1. The molecular formula is C27H22BrN3O5S2. The number of rotatable bonds is 7. The SMILES string of the molecule is CC1Cc2ccccc2N1S(=O)(=O)c1cccc(C(=O)OCC(=O)Nc2nc(-c3cccc(Br)c3)cs2)c1. The normalized spacial score (nSPS) is 14.7. The number of amides is 1. The number of fused-ring (bicyclic) bond motifs is 1. The first kappa shape index (κ1) is 26.1. The van der Waals surface area contributed by atoms with Crippen molar-refractivity contribution in [2.24, 2.45) is 0 Å². The molecule has 0 fully saturated rings. The number of benzene rings is 3. The van der Waals surface area contributed by atoms with Gasteiger partial charge in [-0.05, 0) is 55.3 Å². The van der Waals surface area contributed by atoms with Crippen LogP contribution >= 0.6 is 27.3 Å². The number of anilines is 2. The predicted molar refractivity (Wildman–Crippen MR) is 150 cm³/mol. The van der Waals surface area contributed by atoms with E-state index in [1.54, 1.807) is 12.1 Å². The second kappa shape index (κ2) is 10.7. The smallest absolute Gasteiger partial charge is 0.338 e. The van der Waals surface area contributed by atoms with Crippen LogP contribution in [0.25, 0.3) is 11.3 Å². The first-order chi connectivity index (χ1) is 18.2. The van der Waals surface area contributed by atoms with Crippen LogP contribution in [0.1, 0.15) is 22.8 Å². The fourth-order valence-electron chi connectivity index (χ4n) is 4.28. The second-order valence-electron chi connectivity index (χ2n) is 8.68. The molecular weight excluding hydrogens is 590 g/mol. The van der Waals surface area contributed by atoms with Crippen molar-refractivity contribution in [3.05, 3.63) is 93.8 Å². The van der Waals surface area contributed by atoms with E-state index in [0.717, 1.165) is 15.6 Å². The minimum atomic E-state index is -3.92. The molecule has 0 bridgehead atoms. The van der Waals surface area contributed by atoms with E-state index in [2.05, 4.69) is 26.2 Å². The highest BCUT2D eigenvalue weighted by Crippen LogP contribution is 2.36. The Labute approximate surface area is 232 Å². The maximum Gasteiger partial charge on any atom is 0.338 e. The molecule has 194 valence electrons. The van der Waals surface area contributed by atoms with Gasteiger partial charge in [0.2, 0.25) is 0 Å². The maximum atomic E-state index is 13.5. The van der Waals surface area contributed by atoms with E-state index in [-0.39, 0.29) is 16.5 Å². The van der Waals surface area contributed by atoms with Crippen LogP contribution in [-0.2, 0) is 26.0 Å². The topological polar surface area (TPSA) is 106 Å². The lowest BCUT2D eigenvalue weighted by atomic mass is 10.1. The van der Waals surface area contributed by atoms with Gasteiger partial charge >= 0.3 is 5.97 Å². The number of carbonyl (C=O) groups is 2. The summed E-state index contributed by atoms with van der Waals surface area (Å²) < 4.78 is 34.4. The Hall–Kier alpha value is -3.54. The average molecular weight is 613 g/mol. The highest BCUT2D eigenvalue weighted by molar-refractivity contribution is 9.10. The second-order valence-corrected chi connectivity index (χ2v) is 12.3. The number of esters is 1. The van der Waals surface area contributed by atoms with Crippen molar-refractivity contribution >= 4 is 60.0 Å². The Balaban J connectivity index is 1.23. The third-order valence-corrected chi connectivity index (χ3v) is 9.15. The molecule has 3 aromatic carbocycles. The van der Waals surface area contributed by atoms with Crippen LogP contribution in [0, 0.1) is 0 Å². The number of ether oxygens (including phenoxy) is 1. The summed E-state index contributed by atoms with van der Waals surface area (Å²) in [6.07, 6.45) is 0.607. The molecule has 1 aliphatic rings. The number of hydrogen-bond acceptors (Lipinski definition) is 7. The van der Waals surface area contributed by atoms with Crippen LogP contribution in [-0.4, -0.2) is 37.9 Å². The highest BCUT2D eigenvalue weighted by Gasteiger charge is 2.36. The van der Waals surface area contributed by atoms with Crippen LogP contribution in [0.2, 0.25) is 0 Å². The zero-order valence-electron chi connectivity index (χ0n) is 20.1. The van der Waals surface area contributed by atoms with Crippen molar-refractivity contribution in [3.8, 4) is 11.3 Å². The summed E-state index contributed by atoms with van der Waals surface area (Å²) in [5.41, 5.74) is 3.22. The Bertz CT molecular complexity index is 1640. The predicted octanol–water partition coefficient (Wildman–Crippen LogP) is 5.51. The summed E-state index contributed by atoms with van der Waals surface area (Å²) >= 11 is 4.67. The molecule has 5 rings (SSSR count). The van der Waals surface area contributed by atoms with Crippen molar-refractivity contribution in [1.82, 2.24) is 4.98 Å². The van der Waals surface area contributed by atoms with E-state index in [0.29, 0.717) is 22.9 Å². The van der Waals surface area contributed by atoms with Gasteiger partial charge in [-0.1, -0.05) is 52.3 Å². The number of nitrogens with one attached hydrogen (secondary N) is 1. The van der Waals surface area contributed by atoms with Crippen molar-refractivity contribution in [2.45, 2.75) is 24.3 Å².